The number of nitrogens with one attached hydrogen (secondary N) is 1. The van der Waals surface area contributed by atoms with Crippen molar-refractivity contribution in [3.8, 4) is 0 Å². The second-order valence-electron chi connectivity index (χ2n) is 4.68. The van der Waals surface area contributed by atoms with E-state index in [4.69, 9.17) is 0 Å². The summed E-state index contributed by atoms with van der Waals surface area (Å²) < 4.78 is 51.1. The molecule has 2 aromatic carbocycles. The van der Waals surface area contributed by atoms with Crippen LogP contribution in [0.3, 0.4) is 0 Å². The average Bonchev–Trinajstić information content (AvgIpc) is 2.48. The zero-order valence-corrected chi connectivity index (χ0v) is 11.5. The molecule has 0 unspecified atom stereocenters. The predicted octanol–water partition coefficient (Wildman–Crippen LogP) is 3.82. The van der Waals surface area contributed by atoms with Gasteiger partial charge in [-0.05, 0) is 36.2 Å². The maximum Gasteiger partial charge on any atom is 0.416 e. The molecule has 0 radical (unpaired) electrons. The van der Waals surface area contributed by atoms with E-state index in [-0.39, 0.29) is 24.3 Å². The van der Waals surface area contributed by atoms with E-state index in [1.807, 2.05) is 0 Å². The van der Waals surface area contributed by atoms with Crippen LogP contribution < -0.4 is 5.32 Å². The molecule has 0 aliphatic rings. The zero-order chi connectivity index (χ0) is 16.2. The molecule has 0 aromatic heterocycles. The lowest BCUT2D eigenvalue weighted by Crippen LogP contribution is -2.26. The number of carbonyl (C=O) groups excluding carboxylic acids is 1. The van der Waals surface area contributed by atoms with Gasteiger partial charge in [0.25, 0.3) is 5.91 Å². The number of hydrogen-bond acceptors (Lipinski definition) is 1. The molecule has 0 heterocycles. The summed E-state index contributed by atoms with van der Waals surface area (Å²) in [5.74, 6) is -1.00. The van der Waals surface area contributed by atoms with E-state index >= 15 is 0 Å². The smallest absolute Gasteiger partial charge is 0.352 e. The molecular weight excluding hydrogens is 298 g/mol. The van der Waals surface area contributed by atoms with Gasteiger partial charge < -0.3 is 5.32 Å². The summed E-state index contributed by atoms with van der Waals surface area (Å²) in [6.07, 6.45) is -4.24. The van der Waals surface area contributed by atoms with Gasteiger partial charge in [0.15, 0.2) is 0 Å². The average molecular weight is 311 g/mol. The summed E-state index contributed by atoms with van der Waals surface area (Å²) in [4.78, 5) is 11.8. The van der Waals surface area contributed by atoms with Crippen molar-refractivity contribution >= 4 is 5.91 Å². The molecule has 2 aromatic rings. The van der Waals surface area contributed by atoms with E-state index in [1.54, 1.807) is 18.2 Å². The lowest BCUT2D eigenvalue weighted by Gasteiger charge is -2.09. The van der Waals surface area contributed by atoms with E-state index in [2.05, 4.69) is 5.32 Å². The molecule has 0 aliphatic carbocycles. The normalized spacial score (nSPS) is 11.3. The molecule has 0 atom stereocenters. The van der Waals surface area contributed by atoms with Crippen LogP contribution >= 0.6 is 0 Å². The number of benzene rings is 2. The van der Waals surface area contributed by atoms with Crippen molar-refractivity contribution in [2.45, 2.75) is 12.6 Å². The molecule has 1 amide bonds. The second kappa shape index (κ2) is 6.60. The fourth-order valence-corrected chi connectivity index (χ4v) is 1.95. The third kappa shape index (κ3) is 4.07. The Morgan fingerprint density at radius 2 is 1.77 bits per heavy atom. The number of amides is 1. The van der Waals surface area contributed by atoms with Crippen molar-refractivity contribution in [3.63, 3.8) is 0 Å². The van der Waals surface area contributed by atoms with E-state index < -0.39 is 17.6 Å². The standard InChI is InChI=1S/C16H13F4NO/c17-14-7-2-1-4-11(14)8-9-21-15(22)12-5-3-6-13(10-12)16(18,19)20/h1-7,10H,8-9H2,(H,21,22). The summed E-state index contributed by atoms with van der Waals surface area (Å²) in [6.45, 7) is 0.135. The number of halogens is 4. The fourth-order valence-electron chi connectivity index (χ4n) is 1.95. The van der Waals surface area contributed by atoms with Crippen molar-refractivity contribution in [2.24, 2.45) is 0 Å². The Bertz CT molecular complexity index is 667. The van der Waals surface area contributed by atoms with Gasteiger partial charge in [-0.2, -0.15) is 13.2 Å². The third-order valence-corrected chi connectivity index (χ3v) is 3.09. The molecule has 0 saturated carbocycles. The van der Waals surface area contributed by atoms with Gasteiger partial charge in [-0.25, -0.2) is 4.39 Å². The first-order chi connectivity index (χ1) is 10.4. The van der Waals surface area contributed by atoms with Crippen LogP contribution in [0.5, 0.6) is 0 Å². The van der Waals surface area contributed by atoms with Gasteiger partial charge in [0.2, 0.25) is 0 Å². The Balaban J connectivity index is 1.97. The van der Waals surface area contributed by atoms with Crippen molar-refractivity contribution in [1.29, 1.82) is 0 Å². The van der Waals surface area contributed by atoms with Crippen molar-refractivity contribution < 1.29 is 22.4 Å². The van der Waals surface area contributed by atoms with Crippen LogP contribution in [0.2, 0.25) is 0 Å². The minimum absolute atomic E-state index is 0.0802. The summed E-state index contributed by atoms with van der Waals surface area (Å²) in [7, 11) is 0. The molecule has 1 N–H and O–H groups in total. The molecule has 0 fully saturated rings. The van der Waals surface area contributed by atoms with Gasteiger partial charge in [-0.15, -0.1) is 0 Å². The van der Waals surface area contributed by atoms with Gasteiger partial charge in [0.1, 0.15) is 5.82 Å². The maximum atomic E-state index is 13.4. The van der Waals surface area contributed by atoms with E-state index in [0.29, 0.717) is 5.56 Å². The van der Waals surface area contributed by atoms with Crippen LogP contribution in [-0.4, -0.2) is 12.5 Å². The van der Waals surface area contributed by atoms with E-state index in [9.17, 15) is 22.4 Å². The minimum Gasteiger partial charge on any atom is -0.352 e. The number of carbonyl (C=O) groups is 1. The topological polar surface area (TPSA) is 29.1 Å². The Kier molecular flexibility index (Phi) is 4.80. The van der Waals surface area contributed by atoms with Crippen molar-refractivity contribution in [1.82, 2.24) is 5.32 Å². The first-order valence-corrected chi connectivity index (χ1v) is 6.57. The largest absolute Gasteiger partial charge is 0.416 e. The molecule has 0 spiro atoms. The van der Waals surface area contributed by atoms with Crippen LogP contribution in [0.1, 0.15) is 21.5 Å². The lowest BCUT2D eigenvalue weighted by atomic mass is 10.1. The number of alkyl halides is 3. The molecule has 6 heteroatoms. The SMILES string of the molecule is O=C(NCCc1ccccc1F)c1cccc(C(F)(F)F)c1. The van der Waals surface area contributed by atoms with Gasteiger partial charge in [0.05, 0.1) is 5.56 Å². The first-order valence-electron chi connectivity index (χ1n) is 6.57. The summed E-state index contributed by atoms with van der Waals surface area (Å²) in [6, 6.07) is 10.3. The van der Waals surface area contributed by atoms with Crippen molar-refractivity contribution in [2.75, 3.05) is 6.54 Å². The molecule has 0 aliphatic heterocycles. The quantitative estimate of drug-likeness (QED) is 0.855. The van der Waals surface area contributed by atoms with Gasteiger partial charge in [-0.3, -0.25) is 4.79 Å². The molecule has 0 bridgehead atoms. The molecule has 2 nitrogen and oxygen atoms in total. The summed E-state index contributed by atoms with van der Waals surface area (Å²) >= 11 is 0. The van der Waals surface area contributed by atoms with Crippen LogP contribution in [-0.2, 0) is 12.6 Å². The van der Waals surface area contributed by atoms with Gasteiger partial charge in [-0.1, -0.05) is 24.3 Å². The van der Waals surface area contributed by atoms with E-state index in [1.165, 1.54) is 18.2 Å². The highest BCUT2D eigenvalue weighted by molar-refractivity contribution is 5.94. The fraction of sp³-hybridized carbons (Fsp3) is 0.188. The van der Waals surface area contributed by atoms with Crippen molar-refractivity contribution in [3.05, 3.63) is 71.0 Å². The lowest BCUT2D eigenvalue weighted by molar-refractivity contribution is -0.137. The number of rotatable bonds is 4. The van der Waals surface area contributed by atoms with E-state index in [0.717, 1.165) is 12.1 Å². The number of hydrogen-bond donors (Lipinski definition) is 1. The zero-order valence-electron chi connectivity index (χ0n) is 11.5. The summed E-state index contributed by atoms with van der Waals surface area (Å²) in [5, 5.41) is 2.48. The monoisotopic (exact) mass is 311 g/mol. The molecule has 2 rings (SSSR count). The highest BCUT2D eigenvalue weighted by atomic mass is 19.4. The second-order valence-corrected chi connectivity index (χ2v) is 4.68. The molecule has 116 valence electrons. The predicted molar refractivity (Wildman–Crippen MR) is 73.9 cm³/mol. The Morgan fingerprint density at radius 1 is 1.05 bits per heavy atom. The van der Waals surface area contributed by atoms with Gasteiger partial charge in [0, 0.05) is 12.1 Å². The Labute approximate surface area is 124 Å². The Hall–Kier alpha value is -2.37. The van der Waals surface area contributed by atoms with Crippen LogP contribution in [0.15, 0.2) is 48.5 Å². The van der Waals surface area contributed by atoms with Gasteiger partial charge >= 0.3 is 6.18 Å². The minimum atomic E-state index is -4.50. The molecule has 0 saturated heterocycles. The highest BCUT2D eigenvalue weighted by Crippen LogP contribution is 2.29. The van der Waals surface area contributed by atoms with Crippen LogP contribution in [0, 0.1) is 5.82 Å². The maximum absolute atomic E-state index is 13.4. The third-order valence-electron chi connectivity index (χ3n) is 3.09. The Morgan fingerprint density at radius 3 is 2.45 bits per heavy atom. The van der Waals surface area contributed by atoms with Crippen LogP contribution in [0.4, 0.5) is 17.6 Å². The molecule has 22 heavy (non-hydrogen) atoms. The van der Waals surface area contributed by atoms with Crippen LogP contribution in [0.25, 0.3) is 0 Å². The molecular formula is C16H13F4NO. The summed E-state index contributed by atoms with van der Waals surface area (Å²) in [5.41, 5.74) is -0.524. The first kappa shape index (κ1) is 16.0. The highest BCUT2D eigenvalue weighted by Gasteiger charge is 2.30.